The van der Waals surface area contributed by atoms with Crippen molar-refractivity contribution in [1.82, 2.24) is 15.1 Å². The minimum Gasteiger partial charge on any atom is -0.310 e. The third kappa shape index (κ3) is 4.14. The van der Waals surface area contributed by atoms with Gasteiger partial charge >= 0.3 is 0 Å². The van der Waals surface area contributed by atoms with Crippen LogP contribution in [-0.4, -0.2) is 16.3 Å². The van der Waals surface area contributed by atoms with Crippen LogP contribution >= 0.6 is 15.9 Å². The molecule has 5 heteroatoms. The summed E-state index contributed by atoms with van der Waals surface area (Å²) in [5.74, 6) is -0.196. The number of hydrogen-bond donors (Lipinski definition) is 1. The summed E-state index contributed by atoms with van der Waals surface area (Å²) < 4.78 is 16.8. The Labute approximate surface area is 133 Å². The topological polar surface area (TPSA) is 29.9 Å². The number of aromatic nitrogens is 2. The Hall–Kier alpha value is -1.20. The number of likely N-dealkylation sites (N-methyl/N-ethyl adjacent to an activating group) is 1. The fourth-order valence-electron chi connectivity index (χ4n) is 2.31. The van der Waals surface area contributed by atoms with E-state index in [1.54, 1.807) is 0 Å². The molecule has 21 heavy (non-hydrogen) atoms. The predicted octanol–water partition coefficient (Wildman–Crippen LogP) is 4.26. The zero-order valence-corrected chi connectivity index (χ0v) is 14.2. The highest BCUT2D eigenvalue weighted by Gasteiger charge is 2.17. The number of nitrogens with zero attached hydrogens (tertiary/aromatic N) is 2. The summed E-state index contributed by atoms with van der Waals surface area (Å²) in [7, 11) is 0. The van der Waals surface area contributed by atoms with Gasteiger partial charge in [-0.3, -0.25) is 4.68 Å². The van der Waals surface area contributed by atoms with Crippen molar-refractivity contribution in [2.24, 2.45) is 0 Å². The van der Waals surface area contributed by atoms with Crippen LogP contribution in [0.1, 0.15) is 44.1 Å². The molecule has 1 N–H and O–H groups in total. The minimum atomic E-state index is -0.196. The number of benzene rings is 1. The molecule has 1 atom stereocenters. The highest BCUT2D eigenvalue weighted by Crippen LogP contribution is 2.24. The van der Waals surface area contributed by atoms with Crippen LogP contribution in [0.15, 0.2) is 34.9 Å². The van der Waals surface area contributed by atoms with Gasteiger partial charge in [0.2, 0.25) is 0 Å². The zero-order valence-electron chi connectivity index (χ0n) is 12.6. The second-order valence-corrected chi connectivity index (χ2v) is 6.28. The van der Waals surface area contributed by atoms with E-state index in [9.17, 15) is 4.39 Å². The summed E-state index contributed by atoms with van der Waals surface area (Å²) in [6.07, 6.45) is 2.65. The van der Waals surface area contributed by atoms with E-state index in [4.69, 9.17) is 0 Å². The van der Waals surface area contributed by atoms with Crippen molar-refractivity contribution in [2.45, 2.75) is 39.3 Å². The van der Waals surface area contributed by atoms with E-state index < -0.39 is 0 Å². The standard InChI is InChI=1S/C16H21BrFN3/c1-4-19-16(14-6-5-12(17)9-15(14)18)10-13-7-8-21(20-13)11(2)3/h5-9,11,16,19H,4,10H2,1-3H3. The van der Waals surface area contributed by atoms with Gasteiger partial charge in [-0.25, -0.2) is 4.39 Å². The predicted molar refractivity (Wildman–Crippen MR) is 86.8 cm³/mol. The van der Waals surface area contributed by atoms with Gasteiger partial charge < -0.3 is 5.32 Å². The molecule has 0 aliphatic rings. The molecule has 0 fully saturated rings. The summed E-state index contributed by atoms with van der Waals surface area (Å²) in [6.45, 7) is 6.99. The van der Waals surface area contributed by atoms with Gasteiger partial charge in [-0.15, -0.1) is 0 Å². The third-order valence-electron chi connectivity index (χ3n) is 3.39. The monoisotopic (exact) mass is 353 g/mol. The SMILES string of the molecule is CCNC(Cc1ccn(C(C)C)n1)c1ccc(Br)cc1F. The van der Waals surface area contributed by atoms with Crippen molar-refractivity contribution in [3.8, 4) is 0 Å². The van der Waals surface area contributed by atoms with Gasteiger partial charge in [0.15, 0.2) is 0 Å². The van der Waals surface area contributed by atoms with Crippen LogP contribution < -0.4 is 5.32 Å². The first-order valence-electron chi connectivity index (χ1n) is 7.23. The van der Waals surface area contributed by atoms with E-state index >= 15 is 0 Å². The lowest BCUT2D eigenvalue weighted by Crippen LogP contribution is -2.24. The van der Waals surface area contributed by atoms with Crippen LogP contribution in [0.3, 0.4) is 0 Å². The van der Waals surface area contributed by atoms with Crippen LogP contribution in [0.5, 0.6) is 0 Å². The van der Waals surface area contributed by atoms with Crippen LogP contribution in [0.25, 0.3) is 0 Å². The van der Waals surface area contributed by atoms with Crippen molar-refractivity contribution >= 4 is 15.9 Å². The minimum absolute atomic E-state index is 0.0707. The van der Waals surface area contributed by atoms with E-state index in [1.165, 1.54) is 6.07 Å². The molecule has 2 aromatic rings. The average molecular weight is 354 g/mol. The maximum Gasteiger partial charge on any atom is 0.129 e. The smallest absolute Gasteiger partial charge is 0.129 e. The fraction of sp³-hybridized carbons (Fsp3) is 0.438. The Morgan fingerprint density at radius 3 is 2.67 bits per heavy atom. The molecule has 0 aliphatic carbocycles. The maximum atomic E-state index is 14.2. The summed E-state index contributed by atoms with van der Waals surface area (Å²) in [5.41, 5.74) is 1.65. The first-order valence-corrected chi connectivity index (χ1v) is 8.03. The van der Waals surface area contributed by atoms with Crippen LogP contribution in [0, 0.1) is 5.82 Å². The van der Waals surface area contributed by atoms with Gasteiger partial charge in [-0.2, -0.15) is 5.10 Å². The molecule has 0 radical (unpaired) electrons. The normalized spacial score (nSPS) is 12.9. The molecule has 1 heterocycles. The van der Waals surface area contributed by atoms with Gasteiger partial charge in [-0.05, 0) is 38.6 Å². The lowest BCUT2D eigenvalue weighted by atomic mass is 10.0. The molecule has 2 rings (SSSR count). The van der Waals surface area contributed by atoms with Gasteiger partial charge in [-0.1, -0.05) is 28.9 Å². The zero-order chi connectivity index (χ0) is 15.4. The molecule has 0 bridgehead atoms. The van der Waals surface area contributed by atoms with Crippen LogP contribution in [0.2, 0.25) is 0 Å². The number of halogens is 2. The molecule has 0 saturated heterocycles. The number of hydrogen-bond acceptors (Lipinski definition) is 2. The Kier molecular flexibility index (Phi) is 5.53. The van der Waals surface area contributed by atoms with Gasteiger partial charge in [0.25, 0.3) is 0 Å². The first-order chi connectivity index (χ1) is 10.0. The molecule has 1 aromatic carbocycles. The van der Waals surface area contributed by atoms with Crippen molar-refractivity contribution in [3.05, 3.63) is 52.0 Å². The van der Waals surface area contributed by atoms with Crippen molar-refractivity contribution in [3.63, 3.8) is 0 Å². The summed E-state index contributed by atoms with van der Waals surface area (Å²) >= 11 is 3.29. The second-order valence-electron chi connectivity index (χ2n) is 5.36. The average Bonchev–Trinajstić information content (AvgIpc) is 2.87. The lowest BCUT2D eigenvalue weighted by molar-refractivity contribution is 0.490. The largest absolute Gasteiger partial charge is 0.310 e. The van der Waals surface area contributed by atoms with Gasteiger partial charge in [0.05, 0.1) is 5.69 Å². The Morgan fingerprint density at radius 1 is 1.33 bits per heavy atom. The molecular weight excluding hydrogens is 333 g/mol. The lowest BCUT2D eigenvalue weighted by Gasteiger charge is -2.18. The van der Waals surface area contributed by atoms with Crippen molar-refractivity contribution < 1.29 is 4.39 Å². The Bertz CT molecular complexity index is 595. The number of rotatable bonds is 6. The van der Waals surface area contributed by atoms with Gasteiger partial charge in [0, 0.05) is 34.7 Å². The fourth-order valence-corrected chi connectivity index (χ4v) is 2.64. The molecule has 0 spiro atoms. The van der Waals surface area contributed by atoms with E-state index in [2.05, 4.69) is 40.2 Å². The molecule has 3 nitrogen and oxygen atoms in total. The van der Waals surface area contributed by atoms with E-state index in [-0.39, 0.29) is 11.9 Å². The number of nitrogens with one attached hydrogen (secondary N) is 1. The first kappa shape index (κ1) is 16.2. The maximum absolute atomic E-state index is 14.2. The van der Waals surface area contributed by atoms with E-state index in [1.807, 2.05) is 36.0 Å². The van der Waals surface area contributed by atoms with Crippen molar-refractivity contribution in [1.29, 1.82) is 0 Å². The Morgan fingerprint density at radius 2 is 2.10 bits per heavy atom. The van der Waals surface area contributed by atoms with Crippen LogP contribution in [-0.2, 0) is 6.42 Å². The highest BCUT2D eigenvalue weighted by atomic mass is 79.9. The van der Waals surface area contributed by atoms with Gasteiger partial charge in [0.1, 0.15) is 5.82 Å². The van der Waals surface area contributed by atoms with E-state index in [0.29, 0.717) is 18.0 Å². The molecule has 1 aromatic heterocycles. The second kappa shape index (κ2) is 7.18. The van der Waals surface area contributed by atoms with Crippen LogP contribution in [0.4, 0.5) is 4.39 Å². The highest BCUT2D eigenvalue weighted by molar-refractivity contribution is 9.10. The van der Waals surface area contributed by atoms with Crippen molar-refractivity contribution in [2.75, 3.05) is 6.54 Å². The Balaban J connectivity index is 2.21. The molecule has 114 valence electrons. The molecule has 1 unspecified atom stereocenters. The summed E-state index contributed by atoms with van der Waals surface area (Å²) in [4.78, 5) is 0. The molecular formula is C16H21BrFN3. The summed E-state index contributed by atoms with van der Waals surface area (Å²) in [6, 6.07) is 7.47. The molecule has 0 saturated carbocycles. The van der Waals surface area contributed by atoms with E-state index in [0.717, 1.165) is 16.7 Å². The summed E-state index contributed by atoms with van der Waals surface area (Å²) in [5, 5.41) is 7.89. The third-order valence-corrected chi connectivity index (χ3v) is 3.89. The quantitative estimate of drug-likeness (QED) is 0.840. The molecule has 0 amide bonds. The molecule has 0 aliphatic heterocycles.